The maximum Gasteiger partial charge on any atom is 0.255 e. The van der Waals surface area contributed by atoms with Gasteiger partial charge in [-0.25, -0.2) is 4.39 Å². The van der Waals surface area contributed by atoms with Crippen molar-refractivity contribution in [2.75, 3.05) is 46.1 Å². The smallest absolute Gasteiger partial charge is 0.255 e. The molecule has 0 aromatic heterocycles. The number of para-hydroxylation sites is 1. The Morgan fingerprint density at radius 1 is 1.06 bits per heavy atom. The highest BCUT2D eigenvalue weighted by molar-refractivity contribution is 5.96. The lowest BCUT2D eigenvalue weighted by Gasteiger charge is -2.42. The molecule has 0 atom stereocenters. The fourth-order valence-corrected chi connectivity index (χ4v) is 4.82. The van der Waals surface area contributed by atoms with E-state index in [-0.39, 0.29) is 36.1 Å². The number of fused-ring (bicyclic) bond motifs is 1. The maximum absolute atomic E-state index is 13.3. The van der Waals surface area contributed by atoms with Crippen molar-refractivity contribution in [2.24, 2.45) is 5.41 Å². The lowest BCUT2D eigenvalue weighted by atomic mass is 9.75. The minimum atomic E-state index is -0.361. The number of carbonyl (C=O) groups is 2. The third kappa shape index (κ3) is 7.20. The second kappa shape index (κ2) is 12.7. The van der Waals surface area contributed by atoms with Crippen LogP contribution in [-0.4, -0.2) is 62.8 Å². The molecule has 2 aromatic rings. The molecule has 2 heterocycles. The van der Waals surface area contributed by atoms with Gasteiger partial charge < -0.3 is 24.4 Å². The van der Waals surface area contributed by atoms with Gasteiger partial charge in [0.25, 0.3) is 5.91 Å². The molecule has 1 N–H and O–H groups in total. The van der Waals surface area contributed by atoms with Crippen LogP contribution in [0.5, 0.6) is 11.5 Å². The van der Waals surface area contributed by atoms with E-state index in [1.165, 1.54) is 12.1 Å². The summed E-state index contributed by atoms with van der Waals surface area (Å²) in [6.07, 6.45) is 4.87. The van der Waals surface area contributed by atoms with E-state index in [9.17, 15) is 14.0 Å². The summed E-state index contributed by atoms with van der Waals surface area (Å²) in [6, 6.07) is 13.3. The van der Waals surface area contributed by atoms with Gasteiger partial charge in [-0.3, -0.25) is 9.59 Å². The molecule has 8 heteroatoms. The molecule has 2 aliphatic rings. The van der Waals surface area contributed by atoms with Crippen molar-refractivity contribution in [2.45, 2.75) is 38.5 Å². The number of halogens is 1. The molecular weight excluding hydrogens is 463 g/mol. The van der Waals surface area contributed by atoms with Gasteiger partial charge in [-0.2, -0.15) is 0 Å². The van der Waals surface area contributed by atoms with E-state index in [2.05, 4.69) is 5.32 Å². The number of amides is 2. The zero-order chi connectivity index (χ0) is 25.2. The topological polar surface area (TPSA) is 77.1 Å². The first-order chi connectivity index (χ1) is 17.5. The number of likely N-dealkylation sites (tertiary alicyclic amines) is 1. The number of rotatable bonds is 4. The van der Waals surface area contributed by atoms with Crippen molar-refractivity contribution in [3.05, 3.63) is 59.9 Å². The third-order valence-corrected chi connectivity index (χ3v) is 7.00. The highest BCUT2D eigenvalue weighted by Gasteiger charge is 2.36. The molecule has 0 aliphatic carbocycles. The number of hydrogen-bond acceptors (Lipinski definition) is 5. The van der Waals surface area contributed by atoms with E-state index in [0.717, 1.165) is 32.1 Å². The number of benzene rings is 2. The van der Waals surface area contributed by atoms with E-state index >= 15 is 0 Å². The first-order valence-corrected chi connectivity index (χ1v) is 12.8. The van der Waals surface area contributed by atoms with Crippen molar-refractivity contribution >= 4 is 11.8 Å². The van der Waals surface area contributed by atoms with Gasteiger partial charge in [0.1, 0.15) is 17.3 Å². The summed E-state index contributed by atoms with van der Waals surface area (Å²) in [5.41, 5.74) is 0.457. The molecule has 1 fully saturated rings. The van der Waals surface area contributed by atoms with E-state index in [0.29, 0.717) is 56.5 Å². The molecular formula is C28H35FN2O5. The zero-order valence-corrected chi connectivity index (χ0v) is 20.7. The Bertz CT molecular complexity index is 1020. The zero-order valence-electron chi connectivity index (χ0n) is 20.7. The Labute approximate surface area is 211 Å². The molecule has 0 unspecified atom stereocenters. The van der Waals surface area contributed by atoms with Gasteiger partial charge in [0.2, 0.25) is 5.91 Å². The summed E-state index contributed by atoms with van der Waals surface area (Å²) in [6.45, 7) is 3.64. The molecule has 1 saturated heterocycles. The van der Waals surface area contributed by atoms with Crippen LogP contribution in [0.25, 0.3) is 0 Å². The van der Waals surface area contributed by atoms with Crippen molar-refractivity contribution < 1.29 is 28.2 Å². The number of nitrogens with zero attached hydrogens (tertiary/aromatic N) is 1. The SMILES string of the molecule is O=C1NCCOCCCCC2(CCN(C(=O)CCOc3cccc(F)c3)CC2)COc2ccccc21. The predicted molar refractivity (Wildman–Crippen MR) is 134 cm³/mol. The van der Waals surface area contributed by atoms with Gasteiger partial charge in [-0.15, -0.1) is 0 Å². The van der Waals surface area contributed by atoms with Gasteiger partial charge in [0.05, 0.1) is 31.8 Å². The van der Waals surface area contributed by atoms with Crippen LogP contribution < -0.4 is 14.8 Å². The van der Waals surface area contributed by atoms with Crippen LogP contribution in [0.15, 0.2) is 48.5 Å². The third-order valence-electron chi connectivity index (χ3n) is 7.00. The Morgan fingerprint density at radius 2 is 1.89 bits per heavy atom. The second-order valence-corrected chi connectivity index (χ2v) is 9.55. The summed E-state index contributed by atoms with van der Waals surface area (Å²) >= 11 is 0. The van der Waals surface area contributed by atoms with Gasteiger partial charge in [0, 0.05) is 37.7 Å². The van der Waals surface area contributed by atoms with Crippen LogP contribution in [0, 0.1) is 11.2 Å². The van der Waals surface area contributed by atoms with Gasteiger partial charge >= 0.3 is 0 Å². The highest BCUT2D eigenvalue weighted by atomic mass is 19.1. The van der Waals surface area contributed by atoms with Crippen molar-refractivity contribution in [1.82, 2.24) is 10.2 Å². The molecule has 1 spiro atoms. The molecule has 7 nitrogen and oxygen atoms in total. The summed E-state index contributed by atoms with van der Waals surface area (Å²) < 4.78 is 30.8. The number of nitrogens with one attached hydrogen (secondary N) is 1. The van der Waals surface area contributed by atoms with E-state index in [4.69, 9.17) is 14.2 Å². The van der Waals surface area contributed by atoms with E-state index < -0.39 is 0 Å². The average molecular weight is 499 g/mol. The Hall–Kier alpha value is -3.13. The average Bonchev–Trinajstić information content (AvgIpc) is 2.89. The van der Waals surface area contributed by atoms with Gasteiger partial charge in [0.15, 0.2) is 0 Å². The number of ether oxygens (including phenoxy) is 3. The molecule has 2 aliphatic heterocycles. The largest absolute Gasteiger partial charge is 0.493 e. The molecule has 0 saturated carbocycles. The highest BCUT2D eigenvalue weighted by Crippen LogP contribution is 2.38. The molecule has 2 aromatic carbocycles. The standard InChI is InChI=1S/C28H35FN2O5/c29-22-6-5-7-23(20-22)35-18-10-26(32)31-15-12-28(13-16-31)11-3-4-17-34-19-14-30-27(33)24-8-1-2-9-25(24)36-21-28/h1-2,5-9,20H,3-4,10-19,21H2,(H,30,33). The number of piperidine rings is 1. The van der Waals surface area contributed by atoms with Gasteiger partial charge in [-0.1, -0.05) is 24.6 Å². The summed E-state index contributed by atoms with van der Waals surface area (Å²) in [7, 11) is 0. The van der Waals surface area contributed by atoms with E-state index in [1.807, 2.05) is 23.1 Å². The van der Waals surface area contributed by atoms with Crippen molar-refractivity contribution in [3.63, 3.8) is 0 Å². The summed E-state index contributed by atoms with van der Waals surface area (Å²) in [4.78, 5) is 27.3. The monoisotopic (exact) mass is 498 g/mol. The summed E-state index contributed by atoms with van der Waals surface area (Å²) in [5, 5.41) is 2.89. The van der Waals surface area contributed by atoms with Crippen LogP contribution in [0.2, 0.25) is 0 Å². The summed E-state index contributed by atoms with van der Waals surface area (Å²) in [5.74, 6) is 0.524. The van der Waals surface area contributed by atoms with Crippen molar-refractivity contribution in [1.29, 1.82) is 0 Å². The molecule has 36 heavy (non-hydrogen) atoms. The quantitative estimate of drug-likeness (QED) is 0.683. The van der Waals surface area contributed by atoms with Crippen LogP contribution in [0.4, 0.5) is 4.39 Å². The fourth-order valence-electron chi connectivity index (χ4n) is 4.82. The molecule has 0 radical (unpaired) electrons. The lowest BCUT2D eigenvalue weighted by molar-refractivity contribution is -0.134. The Kier molecular flexibility index (Phi) is 9.17. The molecule has 2 amide bonds. The lowest BCUT2D eigenvalue weighted by Crippen LogP contribution is -2.46. The fraction of sp³-hybridized carbons (Fsp3) is 0.500. The number of carbonyl (C=O) groups excluding carboxylic acids is 2. The normalized spacial score (nSPS) is 18.9. The van der Waals surface area contributed by atoms with Gasteiger partial charge in [-0.05, 0) is 49.9 Å². The first-order valence-electron chi connectivity index (χ1n) is 12.8. The number of hydrogen-bond donors (Lipinski definition) is 1. The predicted octanol–water partition coefficient (Wildman–Crippen LogP) is 4.21. The minimum absolute atomic E-state index is 0.0403. The van der Waals surface area contributed by atoms with Crippen LogP contribution in [0.1, 0.15) is 48.9 Å². The van der Waals surface area contributed by atoms with Crippen LogP contribution in [-0.2, 0) is 9.53 Å². The van der Waals surface area contributed by atoms with Crippen molar-refractivity contribution in [3.8, 4) is 11.5 Å². The van der Waals surface area contributed by atoms with Crippen LogP contribution in [0.3, 0.4) is 0 Å². The van der Waals surface area contributed by atoms with E-state index in [1.54, 1.807) is 18.2 Å². The Balaban J connectivity index is 1.34. The van der Waals surface area contributed by atoms with Crippen LogP contribution >= 0.6 is 0 Å². The molecule has 194 valence electrons. The first kappa shape index (κ1) is 25.9. The molecule has 0 bridgehead atoms. The Morgan fingerprint density at radius 3 is 2.72 bits per heavy atom. The minimum Gasteiger partial charge on any atom is -0.493 e. The maximum atomic E-state index is 13.3. The second-order valence-electron chi connectivity index (χ2n) is 9.55. The molecule has 4 rings (SSSR count).